The topological polar surface area (TPSA) is 0 Å². The van der Waals surface area contributed by atoms with Gasteiger partial charge in [-0.3, -0.25) is 0 Å². The summed E-state index contributed by atoms with van der Waals surface area (Å²) >= 11 is 0. The van der Waals surface area contributed by atoms with Gasteiger partial charge in [-0.2, -0.15) is 0 Å². The molecule has 4 heteroatoms. The Morgan fingerprint density at radius 3 is 1.00 bits per heavy atom. The molecule has 4 heavy (non-hydrogen) atoms. The van der Waals surface area contributed by atoms with Gasteiger partial charge in [-0.05, 0) is 0 Å². The number of hydrogen-bond donors (Lipinski definition) is 0. The summed E-state index contributed by atoms with van der Waals surface area (Å²) in [7, 11) is 0. The predicted molar refractivity (Wildman–Crippen MR) is 5.75 cm³/mol. The summed E-state index contributed by atoms with van der Waals surface area (Å²) in [6.07, 6.45) is 0. The van der Waals surface area contributed by atoms with Gasteiger partial charge in [0.1, 0.15) is 0 Å². The molecule has 0 fully saturated rings. The molecule has 4 radical (unpaired) electrons. The van der Waals surface area contributed by atoms with Crippen molar-refractivity contribution in [3.05, 3.63) is 0 Å². The van der Waals surface area contributed by atoms with E-state index in [9.17, 15) is 0 Å². The van der Waals surface area contributed by atoms with Crippen molar-refractivity contribution in [2.24, 2.45) is 0 Å². The molecule has 0 aliphatic carbocycles. The second kappa shape index (κ2) is 18.0. The van der Waals surface area contributed by atoms with Crippen molar-refractivity contribution >= 4 is 17.4 Å². The molecule has 0 unspecified atom stereocenters. The Bertz CT molecular complexity index is 8.00. The third-order valence-corrected chi connectivity index (χ3v) is 0. The third kappa shape index (κ3) is 8.82. The molecular formula is AlCoFeZr. The van der Waals surface area contributed by atoms with Crippen LogP contribution in [0.3, 0.4) is 0 Å². The smallest absolute Gasteiger partial charge is 0 e. The predicted octanol–water partition coefficient (Wildman–Crippen LogP) is -0.388. The molecule has 0 aliphatic rings. The van der Waals surface area contributed by atoms with E-state index < -0.39 is 0 Å². The van der Waals surface area contributed by atoms with Gasteiger partial charge in [-0.25, -0.2) is 0 Å². The largest absolute Gasteiger partial charge is 0 e. The van der Waals surface area contributed by atoms with Gasteiger partial charge in [0.25, 0.3) is 0 Å². The SMILES string of the molecule is [Al].[Co].[Fe].[Zr]. The van der Waals surface area contributed by atoms with Crippen LogP contribution in [0.15, 0.2) is 0 Å². The van der Waals surface area contributed by atoms with Crippen LogP contribution in [0.2, 0.25) is 0 Å². The molecule has 0 heterocycles. The molecule has 24 valence electrons. The molecule has 0 nitrogen and oxygen atoms in total. The van der Waals surface area contributed by atoms with E-state index in [2.05, 4.69) is 0 Å². The molecular weight excluding hydrogens is 233 g/mol. The van der Waals surface area contributed by atoms with Gasteiger partial charge in [0.2, 0.25) is 0 Å². The molecule has 0 atom stereocenters. The Morgan fingerprint density at radius 2 is 1.00 bits per heavy atom. The van der Waals surface area contributed by atoms with E-state index in [-0.39, 0.29) is 77.4 Å². The van der Waals surface area contributed by atoms with E-state index in [1.807, 2.05) is 0 Å². The maximum Gasteiger partial charge on any atom is 0 e. The first-order valence-corrected chi connectivity index (χ1v) is 0. The first-order valence-electron chi connectivity index (χ1n) is 0. The molecule has 0 bridgehead atoms. The Balaban J connectivity index is 0. The van der Waals surface area contributed by atoms with Gasteiger partial charge >= 0.3 is 0 Å². The van der Waals surface area contributed by atoms with Crippen LogP contribution in [-0.2, 0) is 60.1 Å². The standard InChI is InChI=1S/Al.Co.Fe.Zr. The van der Waals surface area contributed by atoms with Gasteiger partial charge in [-0.15, -0.1) is 0 Å². The summed E-state index contributed by atoms with van der Waals surface area (Å²) in [5.74, 6) is 0. The van der Waals surface area contributed by atoms with Gasteiger partial charge in [0.05, 0.1) is 0 Å². The zero-order valence-corrected chi connectivity index (χ0v) is 7.52. The molecule has 0 saturated heterocycles. The van der Waals surface area contributed by atoms with E-state index in [0.717, 1.165) is 0 Å². The van der Waals surface area contributed by atoms with Crippen molar-refractivity contribution in [2.45, 2.75) is 0 Å². The summed E-state index contributed by atoms with van der Waals surface area (Å²) in [5, 5.41) is 0. The first kappa shape index (κ1) is 32.0. The summed E-state index contributed by atoms with van der Waals surface area (Å²) in [6.45, 7) is 0. The van der Waals surface area contributed by atoms with E-state index >= 15 is 0 Å². The van der Waals surface area contributed by atoms with Crippen molar-refractivity contribution in [3.8, 4) is 0 Å². The van der Waals surface area contributed by atoms with Crippen molar-refractivity contribution in [1.82, 2.24) is 0 Å². The fourth-order valence-electron chi connectivity index (χ4n) is 0. The van der Waals surface area contributed by atoms with Crippen LogP contribution >= 0.6 is 0 Å². The quantitative estimate of drug-likeness (QED) is 0.500. The average molecular weight is 233 g/mol. The number of rotatable bonds is 0. The number of hydrogen-bond acceptors (Lipinski definition) is 0. The molecule has 0 spiro atoms. The molecule has 0 amide bonds. The van der Waals surface area contributed by atoms with Crippen LogP contribution in [0.25, 0.3) is 0 Å². The zero-order chi connectivity index (χ0) is 0. The van der Waals surface area contributed by atoms with Crippen LogP contribution in [0.1, 0.15) is 0 Å². The minimum Gasteiger partial charge on any atom is 0 e. The molecule has 0 aromatic rings. The Hall–Kier alpha value is 2.44. The average Bonchev–Trinajstić information content (AvgIpc) is 0. The summed E-state index contributed by atoms with van der Waals surface area (Å²) in [6, 6.07) is 0. The Morgan fingerprint density at radius 1 is 1.00 bits per heavy atom. The second-order valence-electron chi connectivity index (χ2n) is 0. The molecule has 0 rings (SSSR count). The third-order valence-electron chi connectivity index (χ3n) is 0. The monoisotopic (exact) mass is 232 g/mol. The molecule has 0 aromatic carbocycles. The normalized spacial score (nSPS) is 0. The maximum atomic E-state index is 0. The van der Waals surface area contributed by atoms with Crippen molar-refractivity contribution in [2.75, 3.05) is 0 Å². The van der Waals surface area contributed by atoms with Crippen LogP contribution in [0.4, 0.5) is 0 Å². The van der Waals surface area contributed by atoms with Gasteiger partial charge < -0.3 is 0 Å². The first-order chi connectivity index (χ1) is 0. The zero-order valence-electron chi connectivity index (χ0n) is 1.76. The van der Waals surface area contributed by atoms with Crippen LogP contribution in [0.5, 0.6) is 0 Å². The van der Waals surface area contributed by atoms with E-state index in [1.165, 1.54) is 0 Å². The van der Waals surface area contributed by atoms with E-state index in [4.69, 9.17) is 0 Å². The van der Waals surface area contributed by atoms with Gasteiger partial charge in [-0.1, -0.05) is 0 Å². The van der Waals surface area contributed by atoms with Crippen molar-refractivity contribution in [1.29, 1.82) is 0 Å². The molecule has 0 N–H and O–H groups in total. The van der Waals surface area contributed by atoms with Crippen molar-refractivity contribution < 1.29 is 60.1 Å². The summed E-state index contributed by atoms with van der Waals surface area (Å²) < 4.78 is 0. The van der Waals surface area contributed by atoms with Crippen LogP contribution in [0, 0.1) is 0 Å². The molecule has 0 aromatic heterocycles. The second-order valence-corrected chi connectivity index (χ2v) is 0. The summed E-state index contributed by atoms with van der Waals surface area (Å²) in [4.78, 5) is 0. The molecule has 0 aliphatic heterocycles. The maximum absolute atomic E-state index is 0. The fourth-order valence-corrected chi connectivity index (χ4v) is 0. The summed E-state index contributed by atoms with van der Waals surface area (Å²) in [5.41, 5.74) is 0. The van der Waals surface area contributed by atoms with Gasteiger partial charge in [0.15, 0.2) is 0 Å². The fraction of sp³-hybridized carbons (Fsp3) is 0. The van der Waals surface area contributed by atoms with Crippen molar-refractivity contribution in [3.63, 3.8) is 0 Å². The Kier molecular flexibility index (Phi) is 144. The van der Waals surface area contributed by atoms with Crippen LogP contribution < -0.4 is 0 Å². The minimum atomic E-state index is 0. The molecule has 0 saturated carbocycles. The minimum absolute atomic E-state index is 0. The Labute approximate surface area is 76.4 Å². The van der Waals surface area contributed by atoms with E-state index in [0.29, 0.717) is 0 Å². The van der Waals surface area contributed by atoms with E-state index in [1.54, 1.807) is 0 Å². The van der Waals surface area contributed by atoms with Gasteiger partial charge in [0, 0.05) is 77.4 Å². The van der Waals surface area contributed by atoms with Crippen LogP contribution in [-0.4, -0.2) is 17.4 Å².